The summed E-state index contributed by atoms with van der Waals surface area (Å²) in [5, 5.41) is 12.5. The van der Waals surface area contributed by atoms with Crippen LogP contribution in [0.25, 0.3) is 0 Å². The van der Waals surface area contributed by atoms with E-state index in [4.69, 9.17) is 4.74 Å². The third-order valence-corrected chi connectivity index (χ3v) is 7.45. The van der Waals surface area contributed by atoms with E-state index in [-0.39, 0.29) is 17.7 Å². The monoisotopic (exact) mass is 573 g/mol. The van der Waals surface area contributed by atoms with Crippen LogP contribution in [0.1, 0.15) is 64.7 Å². The zero-order valence-corrected chi connectivity index (χ0v) is 25.7. The lowest BCUT2D eigenvalue weighted by atomic mass is 9.85. The van der Waals surface area contributed by atoms with Gasteiger partial charge < -0.3 is 20.1 Å². The highest BCUT2D eigenvalue weighted by molar-refractivity contribution is 5.82. The Labute approximate surface area is 256 Å². The number of nitrogens with zero attached hydrogens (tertiary/aromatic N) is 1. The molecule has 2 aliphatic heterocycles. The fourth-order valence-corrected chi connectivity index (χ4v) is 5.42. The molecule has 0 spiro atoms. The number of aliphatic hydroxyl groups excluding tert-OH is 1. The van der Waals surface area contributed by atoms with Gasteiger partial charge in [0.05, 0.1) is 25.6 Å². The Kier molecular flexibility index (Phi) is 23.9. The van der Waals surface area contributed by atoms with Crippen LogP contribution in [-0.2, 0) is 9.53 Å². The van der Waals surface area contributed by atoms with Crippen molar-refractivity contribution in [3.05, 3.63) is 71.5 Å². The fraction of sp³-hybridized carbons (Fsp3) is 0.486. The summed E-state index contributed by atoms with van der Waals surface area (Å²) >= 11 is 0. The van der Waals surface area contributed by atoms with Gasteiger partial charge in [0.25, 0.3) is 0 Å². The summed E-state index contributed by atoms with van der Waals surface area (Å²) in [5.41, 5.74) is 2.25. The minimum absolute atomic E-state index is 0.0576. The molecule has 1 saturated carbocycles. The number of amides is 1. The molecule has 1 aromatic carbocycles. The highest BCUT2D eigenvalue weighted by Gasteiger charge is 2.38. The minimum Gasteiger partial charge on any atom is -0.512 e. The van der Waals surface area contributed by atoms with E-state index in [1.807, 2.05) is 60.4 Å². The van der Waals surface area contributed by atoms with Crippen molar-refractivity contribution in [2.75, 3.05) is 39.4 Å². The van der Waals surface area contributed by atoms with Crippen LogP contribution in [0.4, 0.5) is 0 Å². The highest BCUT2D eigenvalue weighted by Crippen LogP contribution is 2.31. The Bertz CT molecular complexity index is 925. The van der Waals surface area contributed by atoms with Crippen LogP contribution in [0.15, 0.2) is 71.5 Å². The number of terminal acetylenes is 3. The number of piperidine rings is 1. The minimum atomic E-state index is -0.145. The van der Waals surface area contributed by atoms with Crippen molar-refractivity contribution in [2.45, 2.75) is 64.7 Å². The molecule has 5 nitrogen and oxygen atoms in total. The topological polar surface area (TPSA) is 66.4 Å². The van der Waals surface area contributed by atoms with E-state index in [0.29, 0.717) is 19.0 Å². The van der Waals surface area contributed by atoms with Crippen LogP contribution < -0.4 is 5.32 Å². The summed E-state index contributed by atoms with van der Waals surface area (Å²) < 4.78 is 5.57. The molecule has 2 unspecified atom stereocenters. The molecule has 0 radical (unpaired) electrons. The molecule has 5 rings (SSSR count). The molecule has 2 aliphatic carbocycles. The predicted molar refractivity (Wildman–Crippen MR) is 176 cm³/mol. The van der Waals surface area contributed by atoms with Crippen molar-refractivity contribution in [3.63, 3.8) is 0 Å². The van der Waals surface area contributed by atoms with Crippen molar-refractivity contribution < 1.29 is 20.0 Å². The van der Waals surface area contributed by atoms with Gasteiger partial charge in [-0.1, -0.05) is 87.1 Å². The van der Waals surface area contributed by atoms with Crippen molar-refractivity contribution in [3.8, 4) is 38.5 Å². The number of quaternary nitrogens is 1. The molecule has 2 saturated heterocycles. The second-order valence-corrected chi connectivity index (χ2v) is 10.1. The van der Waals surface area contributed by atoms with E-state index in [2.05, 4.69) is 43.9 Å². The number of benzene rings is 1. The van der Waals surface area contributed by atoms with Gasteiger partial charge in [-0.05, 0) is 37.8 Å². The summed E-state index contributed by atoms with van der Waals surface area (Å²) in [6, 6.07) is 12.0. The molecular weight excluding hydrogens is 520 g/mol. The lowest BCUT2D eigenvalue weighted by molar-refractivity contribution is -0.634. The first-order valence-corrected chi connectivity index (χ1v) is 15.2. The van der Waals surface area contributed by atoms with E-state index in [1.165, 1.54) is 50.5 Å². The number of hydrogen-bond donors (Lipinski definition) is 2. The number of aliphatic hydroxyl groups is 1. The smallest absolute Gasteiger partial charge is 0.235 e. The Morgan fingerprint density at radius 2 is 1.33 bits per heavy atom. The number of nitrogens with two attached hydrogens (primary N) is 1. The second-order valence-electron chi connectivity index (χ2n) is 10.1. The van der Waals surface area contributed by atoms with Crippen LogP contribution in [0, 0.1) is 50.4 Å². The van der Waals surface area contributed by atoms with Gasteiger partial charge in [0, 0.05) is 25.3 Å². The van der Waals surface area contributed by atoms with Gasteiger partial charge in [-0.3, -0.25) is 4.79 Å². The maximum absolute atomic E-state index is 13.0. The van der Waals surface area contributed by atoms with E-state index in [9.17, 15) is 9.90 Å². The summed E-state index contributed by atoms with van der Waals surface area (Å²) in [4.78, 5) is 15.0. The number of carbonyl (C=O) groups excluding carboxylic acids is 1. The molecule has 0 aromatic heterocycles. The molecule has 42 heavy (non-hydrogen) atoms. The molecule has 3 fully saturated rings. The molecule has 1 aromatic rings. The summed E-state index contributed by atoms with van der Waals surface area (Å²) in [7, 11) is 0. The highest BCUT2D eigenvalue weighted by atomic mass is 16.5. The summed E-state index contributed by atoms with van der Waals surface area (Å²) in [6.45, 7) is 6.47. The molecule has 5 heteroatoms. The van der Waals surface area contributed by atoms with Crippen molar-refractivity contribution in [1.29, 1.82) is 0 Å². The number of allylic oxidation sites excluding steroid dienone is 3. The number of likely N-dealkylation sites (tertiary alicyclic amines) is 1. The zero-order chi connectivity index (χ0) is 31.4. The molecular formula is C37H53N2O3+. The van der Waals surface area contributed by atoms with Gasteiger partial charge >= 0.3 is 0 Å². The van der Waals surface area contributed by atoms with E-state index < -0.39 is 0 Å². The molecule has 0 bridgehead atoms. The first-order chi connectivity index (χ1) is 20.7. The maximum Gasteiger partial charge on any atom is 0.235 e. The number of hydrogen-bond acceptors (Lipinski definition) is 3. The van der Waals surface area contributed by atoms with Gasteiger partial charge in [-0.25, -0.2) is 0 Å². The Morgan fingerprint density at radius 1 is 0.857 bits per heavy atom. The van der Waals surface area contributed by atoms with Crippen LogP contribution in [0.2, 0.25) is 0 Å². The average molecular weight is 574 g/mol. The molecule has 228 valence electrons. The van der Waals surface area contributed by atoms with Gasteiger partial charge in [-0.2, -0.15) is 0 Å². The Balaban J connectivity index is 0.000000760. The van der Waals surface area contributed by atoms with E-state index in [1.54, 1.807) is 6.08 Å². The first kappa shape index (κ1) is 38.3. The van der Waals surface area contributed by atoms with Crippen LogP contribution >= 0.6 is 0 Å². The number of rotatable bonds is 4. The summed E-state index contributed by atoms with van der Waals surface area (Å²) in [5.74, 6) is 0.402. The zero-order valence-electron chi connectivity index (χ0n) is 25.7. The number of ether oxygens (including phenoxy) is 1. The molecule has 3 N–H and O–H groups in total. The van der Waals surface area contributed by atoms with Crippen LogP contribution in [0.5, 0.6) is 0 Å². The van der Waals surface area contributed by atoms with Gasteiger partial charge in [0.15, 0.2) is 0 Å². The SMILES string of the molecule is C#C.C#C.C#C.C1CCCCC1.CCOCC1C(O)=CC=C/C1=C1/C[NH2+]CC1C(=O)N1CCCCC1.c1ccccc1. The molecule has 4 aliphatic rings. The van der Waals surface area contributed by atoms with Crippen molar-refractivity contribution in [1.82, 2.24) is 4.90 Å². The first-order valence-electron chi connectivity index (χ1n) is 15.2. The molecule has 2 atom stereocenters. The van der Waals surface area contributed by atoms with Gasteiger partial charge in [0.1, 0.15) is 11.7 Å². The van der Waals surface area contributed by atoms with E-state index >= 15 is 0 Å². The van der Waals surface area contributed by atoms with Crippen molar-refractivity contribution in [2.24, 2.45) is 11.8 Å². The van der Waals surface area contributed by atoms with E-state index in [0.717, 1.165) is 44.6 Å². The average Bonchev–Trinajstić information content (AvgIpc) is 3.59. The Morgan fingerprint density at radius 3 is 1.81 bits per heavy atom. The molecule has 2 heterocycles. The third kappa shape index (κ3) is 14.3. The lowest BCUT2D eigenvalue weighted by Crippen LogP contribution is -2.81. The largest absolute Gasteiger partial charge is 0.512 e. The summed E-state index contributed by atoms with van der Waals surface area (Å²) in [6.07, 6.45) is 42.1. The normalized spacial score (nSPS) is 22.2. The lowest BCUT2D eigenvalue weighted by Gasteiger charge is -2.30. The third-order valence-electron chi connectivity index (χ3n) is 7.45. The van der Waals surface area contributed by atoms with Crippen LogP contribution in [0.3, 0.4) is 0 Å². The predicted octanol–water partition coefficient (Wildman–Crippen LogP) is 5.93. The van der Waals surface area contributed by atoms with Crippen molar-refractivity contribution >= 4 is 5.91 Å². The fourth-order valence-electron chi connectivity index (χ4n) is 5.42. The Hall–Kier alpha value is -3.69. The van der Waals surface area contributed by atoms with Crippen LogP contribution in [-0.4, -0.2) is 55.3 Å². The maximum atomic E-state index is 13.0. The second kappa shape index (κ2) is 26.2. The van der Waals surface area contributed by atoms with Gasteiger partial charge in [0.2, 0.25) is 5.91 Å². The number of carbonyl (C=O) groups is 1. The molecule has 1 amide bonds. The van der Waals surface area contributed by atoms with Gasteiger partial charge in [-0.15, -0.1) is 38.5 Å². The standard InChI is InChI=1S/C19H28N2O3.C6H12.C6H6.3C2H2/c1-2-24-13-17-14(7-6-8-18(17)22)15-11-20-12-16(15)19(23)21-9-4-3-5-10-21;2*1-2-4-6-5-3-1;3*1-2/h6-8,16-17,20,22H,2-5,9-13H2,1H3;1-6H2;1-6H;3*1-2H/p+1/b15-14+;;;;;. The quantitative estimate of drug-likeness (QED) is 0.439.